The average Bonchev–Trinajstić information content (AvgIpc) is 2.52. The first-order valence-corrected chi connectivity index (χ1v) is 7.19. The fourth-order valence-electron chi connectivity index (χ4n) is 1.98. The highest BCUT2D eigenvalue weighted by atomic mass is 19.4. The summed E-state index contributed by atoms with van der Waals surface area (Å²) in [5, 5.41) is 10.2. The smallest absolute Gasteiger partial charge is 0.384 e. The Morgan fingerprint density at radius 3 is 2.13 bits per heavy atom. The van der Waals surface area contributed by atoms with Gasteiger partial charge in [-0.2, -0.15) is 13.2 Å². The van der Waals surface area contributed by atoms with Gasteiger partial charge in [0.1, 0.15) is 6.10 Å². The molecule has 2 aromatic rings. The molecule has 1 heterocycles. The van der Waals surface area contributed by atoms with Gasteiger partial charge in [0.15, 0.2) is 0 Å². The molecule has 0 radical (unpaired) electrons. The Morgan fingerprint density at radius 1 is 1.04 bits per heavy atom. The van der Waals surface area contributed by atoms with Crippen molar-refractivity contribution in [3.05, 3.63) is 65.0 Å². The van der Waals surface area contributed by atoms with E-state index in [1.54, 1.807) is 12.1 Å². The molecule has 6 heteroatoms. The largest absolute Gasteiger partial charge is 0.416 e. The quantitative estimate of drug-likeness (QED) is 0.900. The Bertz CT molecular complexity index is 622. The molecule has 0 aliphatic rings. The summed E-state index contributed by atoms with van der Waals surface area (Å²) < 4.78 is 43.0. The third kappa shape index (κ3) is 4.77. The lowest BCUT2D eigenvalue weighted by molar-refractivity contribution is -0.137. The summed E-state index contributed by atoms with van der Waals surface area (Å²) in [6.07, 6.45) is -3.82. The van der Waals surface area contributed by atoms with Crippen LogP contribution in [0.4, 0.5) is 13.2 Å². The summed E-state index contributed by atoms with van der Waals surface area (Å²) in [5.41, 5.74) is 0.874. The molecule has 0 aliphatic carbocycles. The highest BCUT2D eigenvalue weighted by Crippen LogP contribution is 2.30. The van der Waals surface area contributed by atoms with Crippen molar-refractivity contribution in [3.8, 4) is 0 Å². The molecule has 1 aromatic heterocycles. The molecule has 0 amide bonds. The van der Waals surface area contributed by atoms with Crippen molar-refractivity contribution in [1.82, 2.24) is 4.98 Å². The van der Waals surface area contributed by atoms with Gasteiger partial charge in [-0.25, -0.2) is 0 Å². The SMILES string of the molecule is CC(C)OCc1ccc(C(O)c2ccc(C(F)(F)F)cc2)cn1. The summed E-state index contributed by atoms with van der Waals surface area (Å²) in [5.74, 6) is 0. The zero-order valence-corrected chi connectivity index (χ0v) is 12.8. The molecule has 124 valence electrons. The van der Waals surface area contributed by atoms with Crippen LogP contribution in [0.1, 0.15) is 42.3 Å². The topological polar surface area (TPSA) is 42.4 Å². The number of benzene rings is 1. The predicted octanol–water partition coefficient (Wildman–Crippen LogP) is 4.11. The second kappa shape index (κ2) is 7.10. The van der Waals surface area contributed by atoms with Crippen LogP contribution in [0.2, 0.25) is 0 Å². The maximum Gasteiger partial charge on any atom is 0.416 e. The number of hydrogen-bond acceptors (Lipinski definition) is 3. The van der Waals surface area contributed by atoms with E-state index < -0.39 is 17.8 Å². The first kappa shape index (κ1) is 17.4. The molecule has 3 nitrogen and oxygen atoms in total. The van der Waals surface area contributed by atoms with Crippen LogP contribution in [0.3, 0.4) is 0 Å². The van der Waals surface area contributed by atoms with Gasteiger partial charge in [-0.1, -0.05) is 18.2 Å². The minimum absolute atomic E-state index is 0.0919. The predicted molar refractivity (Wildman–Crippen MR) is 79.7 cm³/mol. The third-order valence-corrected chi connectivity index (χ3v) is 3.28. The molecule has 1 atom stereocenters. The van der Waals surface area contributed by atoms with Crippen molar-refractivity contribution >= 4 is 0 Å². The van der Waals surface area contributed by atoms with E-state index in [1.807, 2.05) is 13.8 Å². The van der Waals surface area contributed by atoms with E-state index in [4.69, 9.17) is 4.74 Å². The van der Waals surface area contributed by atoms with Crippen LogP contribution in [-0.2, 0) is 17.5 Å². The average molecular weight is 325 g/mol. The van der Waals surface area contributed by atoms with Gasteiger partial charge < -0.3 is 9.84 Å². The molecule has 1 aromatic carbocycles. The van der Waals surface area contributed by atoms with Crippen molar-refractivity contribution in [3.63, 3.8) is 0 Å². The number of ether oxygens (including phenoxy) is 1. The molecule has 0 bridgehead atoms. The van der Waals surface area contributed by atoms with Crippen LogP contribution in [0.25, 0.3) is 0 Å². The minimum atomic E-state index is -4.39. The van der Waals surface area contributed by atoms with Crippen LogP contribution in [0, 0.1) is 0 Å². The number of hydrogen-bond donors (Lipinski definition) is 1. The second-order valence-corrected chi connectivity index (χ2v) is 5.46. The standard InChI is InChI=1S/C17H18F3NO2/c1-11(2)23-10-15-8-5-13(9-21-15)16(22)12-3-6-14(7-4-12)17(18,19)20/h3-9,11,16,22H,10H2,1-2H3. The summed E-state index contributed by atoms with van der Waals surface area (Å²) >= 11 is 0. The minimum Gasteiger partial charge on any atom is -0.384 e. The van der Waals surface area contributed by atoms with Gasteiger partial charge in [-0.15, -0.1) is 0 Å². The van der Waals surface area contributed by atoms with Gasteiger partial charge >= 0.3 is 6.18 Å². The second-order valence-electron chi connectivity index (χ2n) is 5.46. The van der Waals surface area contributed by atoms with Crippen LogP contribution in [0.15, 0.2) is 42.6 Å². The molecule has 0 spiro atoms. The van der Waals surface area contributed by atoms with E-state index in [0.29, 0.717) is 17.7 Å². The third-order valence-electron chi connectivity index (χ3n) is 3.28. The van der Waals surface area contributed by atoms with E-state index in [-0.39, 0.29) is 6.10 Å². The monoisotopic (exact) mass is 325 g/mol. The Kier molecular flexibility index (Phi) is 5.38. The van der Waals surface area contributed by atoms with Gasteiger partial charge in [0, 0.05) is 11.8 Å². The van der Waals surface area contributed by atoms with Gasteiger partial charge in [0.2, 0.25) is 0 Å². The molecule has 0 saturated carbocycles. The number of aliphatic hydroxyl groups excluding tert-OH is 1. The number of aromatic nitrogens is 1. The highest BCUT2D eigenvalue weighted by molar-refractivity contribution is 5.32. The summed E-state index contributed by atoms with van der Waals surface area (Å²) in [4.78, 5) is 4.19. The zero-order chi connectivity index (χ0) is 17.0. The first-order valence-electron chi connectivity index (χ1n) is 7.19. The fraction of sp³-hybridized carbons (Fsp3) is 0.353. The van der Waals surface area contributed by atoms with E-state index in [0.717, 1.165) is 17.8 Å². The number of nitrogens with zero attached hydrogens (tertiary/aromatic N) is 1. The number of alkyl halides is 3. The van der Waals surface area contributed by atoms with Crippen LogP contribution in [0.5, 0.6) is 0 Å². The lowest BCUT2D eigenvalue weighted by Crippen LogP contribution is -2.07. The molecule has 2 rings (SSSR count). The first-order chi connectivity index (χ1) is 10.8. The van der Waals surface area contributed by atoms with E-state index in [2.05, 4.69) is 4.98 Å². The van der Waals surface area contributed by atoms with E-state index >= 15 is 0 Å². The molecule has 0 fully saturated rings. The lowest BCUT2D eigenvalue weighted by atomic mass is 10.0. The molecule has 1 N–H and O–H groups in total. The van der Waals surface area contributed by atoms with Gasteiger partial charge in [0.05, 0.1) is 24.0 Å². The summed E-state index contributed by atoms with van der Waals surface area (Å²) in [6, 6.07) is 7.86. The number of pyridine rings is 1. The molecule has 1 unspecified atom stereocenters. The molecule has 0 saturated heterocycles. The van der Waals surface area contributed by atoms with Crippen molar-refractivity contribution in [1.29, 1.82) is 0 Å². The molecular weight excluding hydrogens is 307 g/mol. The lowest BCUT2D eigenvalue weighted by Gasteiger charge is -2.13. The van der Waals surface area contributed by atoms with Crippen LogP contribution >= 0.6 is 0 Å². The number of halogens is 3. The normalized spacial score (nSPS) is 13.3. The maximum atomic E-state index is 12.5. The van der Waals surface area contributed by atoms with Gasteiger partial charge in [-0.05, 0) is 37.6 Å². The van der Waals surface area contributed by atoms with E-state index in [9.17, 15) is 18.3 Å². The van der Waals surface area contributed by atoms with Crippen molar-refractivity contribution in [2.24, 2.45) is 0 Å². The van der Waals surface area contributed by atoms with Crippen molar-refractivity contribution in [2.45, 2.75) is 38.8 Å². The summed E-state index contributed by atoms with van der Waals surface area (Å²) in [6.45, 7) is 4.21. The van der Waals surface area contributed by atoms with Crippen molar-refractivity contribution < 1.29 is 23.0 Å². The summed E-state index contributed by atoms with van der Waals surface area (Å²) in [7, 11) is 0. The molecule has 23 heavy (non-hydrogen) atoms. The Hall–Kier alpha value is -1.92. The maximum absolute atomic E-state index is 12.5. The van der Waals surface area contributed by atoms with Crippen LogP contribution < -0.4 is 0 Å². The number of rotatable bonds is 5. The highest BCUT2D eigenvalue weighted by Gasteiger charge is 2.30. The van der Waals surface area contributed by atoms with Gasteiger partial charge in [-0.3, -0.25) is 4.98 Å². The number of aliphatic hydroxyl groups is 1. The Labute approximate surface area is 132 Å². The van der Waals surface area contributed by atoms with Crippen molar-refractivity contribution in [2.75, 3.05) is 0 Å². The van der Waals surface area contributed by atoms with Crippen LogP contribution in [-0.4, -0.2) is 16.2 Å². The van der Waals surface area contributed by atoms with E-state index in [1.165, 1.54) is 18.3 Å². The fourth-order valence-corrected chi connectivity index (χ4v) is 1.98. The van der Waals surface area contributed by atoms with Gasteiger partial charge in [0.25, 0.3) is 0 Å². The zero-order valence-electron chi connectivity index (χ0n) is 12.8. The Balaban J connectivity index is 2.09. The molecule has 0 aliphatic heterocycles. The molecular formula is C17H18F3NO2. The Morgan fingerprint density at radius 2 is 1.65 bits per heavy atom.